The average molecular weight is 595 g/mol. The van der Waals surface area contributed by atoms with E-state index in [0.717, 1.165) is 5.56 Å². The minimum Gasteiger partial charge on any atom is -0.504 e. The molecule has 0 saturated carbocycles. The SMILES string of the molecule is CC[C@H](C)[C@@H]1NC(=O)C[C@@H](C(=O)N2CCc3cc(O)c(O)cc3C2)NC(=O)c2ccccc2OC[C@@H](CC(C)C)NC1=O. The molecule has 5 N–H and O–H groups in total. The van der Waals surface area contributed by atoms with Crippen molar-refractivity contribution >= 4 is 23.6 Å². The number of nitrogens with zero attached hydrogens (tertiary/aromatic N) is 1. The van der Waals surface area contributed by atoms with Crippen molar-refractivity contribution in [1.82, 2.24) is 20.9 Å². The van der Waals surface area contributed by atoms with Gasteiger partial charge in [-0.05, 0) is 60.1 Å². The number of carbonyl (C=O) groups excluding carboxylic acids is 4. The van der Waals surface area contributed by atoms with E-state index in [-0.39, 0.29) is 60.4 Å². The van der Waals surface area contributed by atoms with E-state index in [0.29, 0.717) is 37.1 Å². The second-order valence-corrected chi connectivity index (χ2v) is 11.9. The Labute approximate surface area is 252 Å². The van der Waals surface area contributed by atoms with Gasteiger partial charge in [-0.3, -0.25) is 19.2 Å². The van der Waals surface area contributed by atoms with Crippen LogP contribution in [0, 0.1) is 11.8 Å². The van der Waals surface area contributed by atoms with Crippen LogP contribution < -0.4 is 20.7 Å². The van der Waals surface area contributed by atoms with Gasteiger partial charge in [0.1, 0.15) is 24.4 Å². The lowest BCUT2D eigenvalue weighted by molar-refractivity contribution is -0.137. The fourth-order valence-electron chi connectivity index (χ4n) is 5.55. The monoisotopic (exact) mass is 594 g/mol. The predicted octanol–water partition coefficient (Wildman–Crippen LogP) is 2.63. The van der Waals surface area contributed by atoms with Crippen LogP contribution in [0.25, 0.3) is 0 Å². The minimum atomic E-state index is -1.23. The molecular weight excluding hydrogens is 552 g/mol. The summed E-state index contributed by atoms with van der Waals surface area (Å²) in [5, 5.41) is 28.5. The average Bonchev–Trinajstić information content (AvgIpc) is 2.97. The first-order valence-corrected chi connectivity index (χ1v) is 14.9. The van der Waals surface area contributed by atoms with E-state index < -0.39 is 29.8 Å². The van der Waals surface area contributed by atoms with Crippen molar-refractivity contribution in [3.63, 3.8) is 0 Å². The minimum absolute atomic E-state index is 0.118. The van der Waals surface area contributed by atoms with Crippen LogP contribution in [0.3, 0.4) is 0 Å². The van der Waals surface area contributed by atoms with Crippen molar-refractivity contribution in [3.8, 4) is 17.2 Å². The molecule has 43 heavy (non-hydrogen) atoms. The number of hydrogen-bond acceptors (Lipinski definition) is 7. The van der Waals surface area contributed by atoms with E-state index in [1.54, 1.807) is 24.3 Å². The fraction of sp³-hybridized carbons (Fsp3) is 0.500. The zero-order valence-corrected chi connectivity index (χ0v) is 25.2. The highest BCUT2D eigenvalue weighted by atomic mass is 16.5. The Morgan fingerprint density at radius 3 is 2.42 bits per heavy atom. The summed E-state index contributed by atoms with van der Waals surface area (Å²) in [7, 11) is 0. The number of hydrogen-bond donors (Lipinski definition) is 5. The summed E-state index contributed by atoms with van der Waals surface area (Å²) in [6.45, 7) is 8.42. The molecule has 2 aliphatic heterocycles. The second-order valence-electron chi connectivity index (χ2n) is 11.9. The molecule has 0 aliphatic carbocycles. The summed E-state index contributed by atoms with van der Waals surface area (Å²) in [4.78, 5) is 55.8. The van der Waals surface area contributed by atoms with E-state index in [1.807, 2.05) is 27.7 Å². The van der Waals surface area contributed by atoms with Crippen LogP contribution in [-0.2, 0) is 27.3 Å². The Bertz CT molecular complexity index is 1360. The molecule has 0 bridgehead atoms. The molecule has 0 aromatic heterocycles. The maximum atomic E-state index is 13.8. The first-order valence-electron chi connectivity index (χ1n) is 14.9. The quantitative estimate of drug-likeness (QED) is 0.333. The topological polar surface area (TPSA) is 157 Å². The molecule has 0 unspecified atom stereocenters. The fourth-order valence-corrected chi connectivity index (χ4v) is 5.55. The first-order chi connectivity index (χ1) is 20.5. The van der Waals surface area contributed by atoms with Crippen molar-refractivity contribution in [2.75, 3.05) is 13.2 Å². The molecule has 11 heteroatoms. The lowest BCUT2D eigenvalue weighted by Crippen LogP contribution is -2.56. The molecule has 4 rings (SSSR count). The number of fused-ring (bicyclic) bond motifs is 2. The van der Waals surface area contributed by atoms with Crippen molar-refractivity contribution in [3.05, 3.63) is 53.1 Å². The van der Waals surface area contributed by atoms with Crippen LogP contribution in [0.15, 0.2) is 36.4 Å². The van der Waals surface area contributed by atoms with Gasteiger partial charge >= 0.3 is 0 Å². The molecule has 2 aliphatic rings. The molecule has 232 valence electrons. The van der Waals surface area contributed by atoms with Gasteiger partial charge in [0, 0.05) is 13.1 Å². The summed E-state index contributed by atoms with van der Waals surface area (Å²) in [5.41, 5.74) is 1.67. The summed E-state index contributed by atoms with van der Waals surface area (Å²) < 4.78 is 6.08. The number of amides is 4. The van der Waals surface area contributed by atoms with Gasteiger partial charge in [-0.25, -0.2) is 0 Å². The van der Waals surface area contributed by atoms with Crippen LogP contribution >= 0.6 is 0 Å². The number of phenolic OH excluding ortho intramolecular Hbond substituents is 2. The zero-order valence-electron chi connectivity index (χ0n) is 25.2. The summed E-state index contributed by atoms with van der Waals surface area (Å²) >= 11 is 0. The molecule has 4 atom stereocenters. The molecule has 2 heterocycles. The van der Waals surface area contributed by atoms with E-state index in [9.17, 15) is 29.4 Å². The number of aromatic hydroxyl groups is 2. The van der Waals surface area contributed by atoms with Gasteiger partial charge in [-0.15, -0.1) is 0 Å². The van der Waals surface area contributed by atoms with Crippen molar-refractivity contribution in [2.24, 2.45) is 11.8 Å². The maximum Gasteiger partial charge on any atom is 0.255 e. The molecule has 0 fully saturated rings. The third-order valence-electron chi connectivity index (χ3n) is 8.10. The first kappa shape index (κ1) is 31.7. The largest absolute Gasteiger partial charge is 0.504 e. The van der Waals surface area contributed by atoms with Gasteiger partial charge in [0.15, 0.2) is 11.5 Å². The summed E-state index contributed by atoms with van der Waals surface area (Å²) in [6, 6.07) is 7.12. The number of para-hydroxylation sites is 1. The summed E-state index contributed by atoms with van der Waals surface area (Å²) in [6.07, 6.45) is 1.31. The number of benzene rings is 2. The highest BCUT2D eigenvalue weighted by molar-refractivity contribution is 6.01. The van der Waals surface area contributed by atoms with E-state index >= 15 is 0 Å². The zero-order chi connectivity index (χ0) is 31.3. The smallest absolute Gasteiger partial charge is 0.255 e. The van der Waals surface area contributed by atoms with Gasteiger partial charge in [-0.1, -0.05) is 46.2 Å². The van der Waals surface area contributed by atoms with Gasteiger partial charge in [0.05, 0.1) is 18.0 Å². The Balaban J connectivity index is 1.66. The van der Waals surface area contributed by atoms with Crippen LogP contribution in [0.1, 0.15) is 68.4 Å². The highest BCUT2D eigenvalue weighted by Gasteiger charge is 2.34. The van der Waals surface area contributed by atoms with Crippen LogP contribution in [-0.4, -0.2) is 70.0 Å². The van der Waals surface area contributed by atoms with Crippen LogP contribution in [0.2, 0.25) is 0 Å². The second kappa shape index (κ2) is 13.8. The number of nitrogens with one attached hydrogen (secondary N) is 3. The van der Waals surface area contributed by atoms with Crippen LogP contribution in [0.4, 0.5) is 0 Å². The Hall–Kier alpha value is -4.28. The van der Waals surface area contributed by atoms with Gasteiger partial charge in [-0.2, -0.15) is 0 Å². The molecule has 2 aromatic carbocycles. The molecule has 0 spiro atoms. The van der Waals surface area contributed by atoms with Crippen molar-refractivity contribution in [1.29, 1.82) is 0 Å². The standard InChI is InChI=1S/C32H42N4O7/c1-5-19(4)29-31(41)33-22(12-18(2)3)17-43-27-9-7-6-8-23(27)30(40)34-24(15-28(39)35-29)32(42)36-11-10-20-13-25(37)26(38)14-21(20)16-36/h6-9,13-14,18-19,22,24,29,37-38H,5,10-12,15-17H2,1-4H3,(H,33,41)(H,34,40)(H,35,39)/t19-,22+,24-,29-/m0/s1. The van der Waals surface area contributed by atoms with E-state index in [4.69, 9.17) is 4.74 Å². The molecule has 4 amide bonds. The lowest BCUT2D eigenvalue weighted by Gasteiger charge is -2.33. The van der Waals surface area contributed by atoms with Crippen LogP contribution in [0.5, 0.6) is 17.2 Å². The third-order valence-corrected chi connectivity index (χ3v) is 8.10. The number of phenols is 2. The van der Waals surface area contributed by atoms with Crippen molar-refractivity contribution in [2.45, 2.75) is 78.0 Å². The third kappa shape index (κ3) is 7.77. The Kier molecular flexibility index (Phi) is 10.2. The molecule has 11 nitrogen and oxygen atoms in total. The molecule has 0 radical (unpaired) electrons. The van der Waals surface area contributed by atoms with Gasteiger partial charge in [0.25, 0.3) is 5.91 Å². The molecule has 2 aromatic rings. The normalized spacial score (nSPS) is 22.2. The number of rotatable bonds is 5. The van der Waals surface area contributed by atoms with E-state index in [1.165, 1.54) is 17.0 Å². The molecule has 0 saturated heterocycles. The number of carbonyl (C=O) groups is 4. The maximum absolute atomic E-state index is 13.8. The Morgan fingerprint density at radius 2 is 1.72 bits per heavy atom. The number of ether oxygens (including phenoxy) is 1. The van der Waals surface area contributed by atoms with E-state index in [2.05, 4.69) is 16.0 Å². The molecular formula is C32H42N4O7. The lowest BCUT2D eigenvalue weighted by atomic mass is 9.96. The predicted molar refractivity (Wildman–Crippen MR) is 159 cm³/mol. The van der Waals surface area contributed by atoms with Gasteiger partial charge < -0.3 is 35.8 Å². The Morgan fingerprint density at radius 1 is 1.02 bits per heavy atom. The van der Waals surface area contributed by atoms with Gasteiger partial charge in [0.2, 0.25) is 17.7 Å². The van der Waals surface area contributed by atoms with Crippen molar-refractivity contribution < 1.29 is 34.1 Å². The summed E-state index contributed by atoms with van der Waals surface area (Å²) in [5.74, 6) is -2.07. The highest BCUT2D eigenvalue weighted by Crippen LogP contribution is 2.32.